The van der Waals surface area contributed by atoms with E-state index in [0.29, 0.717) is 45.9 Å². The van der Waals surface area contributed by atoms with Crippen molar-refractivity contribution in [2.45, 2.75) is 60.0 Å². The van der Waals surface area contributed by atoms with Gasteiger partial charge in [-0.25, -0.2) is 9.59 Å². The molecule has 0 aromatic rings. The maximum absolute atomic E-state index is 12.9. The quantitative estimate of drug-likeness (QED) is 0.667. The van der Waals surface area contributed by atoms with E-state index in [9.17, 15) is 14.4 Å². The molecule has 2 rings (SSSR count). The van der Waals surface area contributed by atoms with Crippen LogP contribution in [0.5, 0.6) is 0 Å². The molecule has 8 heteroatoms. The van der Waals surface area contributed by atoms with Gasteiger partial charge in [-0.2, -0.15) is 0 Å². The number of carbonyl (C=O) groups excluding carboxylic acids is 3. The molecule has 3 amide bonds. The molecule has 0 N–H and O–H groups in total. The molecule has 2 saturated heterocycles. The summed E-state index contributed by atoms with van der Waals surface area (Å²) in [5, 5.41) is 0. The van der Waals surface area contributed by atoms with Gasteiger partial charge < -0.3 is 24.2 Å². The Hall–Kier alpha value is -1.99. The Labute approximate surface area is 174 Å². The van der Waals surface area contributed by atoms with Gasteiger partial charge in [-0.1, -0.05) is 0 Å². The number of hydrogen-bond donors (Lipinski definition) is 0. The Balaban J connectivity index is 1.82. The molecule has 0 aromatic carbocycles. The van der Waals surface area contributed by atoms with Gasteiger partial charge in [0.15, 0.2) is 0 Å². The van der Waals surface area contributed by atoms with E-state index >= 15 is 0 Å². The van der Waals surface area contributed by atoms with Gasteiger partial charge in [-0.3, -0.25) is 4.79 Å². The average molecular weight is 412 g/mol. The molecule has 0 radical (unpaired) electrons. The third kappa shape index (κ3) is 6.00. The number of esters is 1. The first-order valence-electron chi connectivity index (χ1n) is 10.6. The molecule has 0 atom stereocenters. The molecule has 0 unspecified atom stereocenters. The van der Waals surface area contributed by atoms with Crippen molar-refractivity contribution in [3.63, 3.8) is 0 Å². The minimum Gasteiger partial charge on any atom is -0.466 e. The topological polar surface area (TPSA) is 79.4 Å². The molecule has 0 aliphatic carbocycles. The van der Waals surface area contributed by atoms with E-state index in [1.54, 1.807) is 9.80 Å². The first-order chi connectivity index (χ1) is 13.5. The molecule has 2 heterocycles. The van der Waals surface area contributed by atoms with Gasteiger partial charge in [0.25, 0.3) is 0 Å². The van der Waals surface area contributed by atoms with Gasteiger partial charge in [-0.05, 0) is 60.3 Å². The molecule has 8 nitrogen and oxygen atoms in total. The highest BCUT2D eigenvalue weighted by Crippen LogP contribution is 2.36. The number of ether oxygens (including phenoxy) is 2. The minimum absolute atomic E-state index is 0.0150. The van der Waals surface area contributed by atoms with E-state index in [-0.39, 0.29) is 24.0 Å². The van der Waals surface area contributed by atoms with Gasteiger partial charge in [0.1, 0.15) is 5.60 Å². The molecular weight excluding hydrogens is 374 g/mol. The summed E-state index contributed by atoms with van der Waals surface area (Å²) >= 11 is 0. The second-order valence-electron chi connectivity index (χ2n) is 9.44. The zero-order chi connectivity index (χ0) is 21.8. The summed E-state index contributed by atoms with van der Waals surface area (Å²) in [4.78, 5) is 42.6. The normalized spacial score (nSPS) is 19.2. The van der Waals surface area contributed by atoms with Crippen LogP contribution >= 0.6 is 0 Å². The molecule has 0 bridgehead atoms. The summed E-state index contributed by atoms with van der Waals surface area (Å²) in [5.74, 6) is 0.0395. The van der Waals surface area contributed by atoms with Crippen LogP contribution < -0.4 is 0 Å². The van der Waals surface area contributed by atoms with Gasteiger partial charge in [0.2, 0.25) is 0 Å². The number of piperazine rings is 1. The number of nitrogens with zero attached hydrogens (tertiary/aromatic N) is 3. The van der Waals surface area contributed by atoms with Gasteiger partial charge in [0.05, 0.1) is 12.0 Å². The predicted octanol–water partition coefficient (Wildman–Crippen LogP) is 2.96. The molecule has 2 aliphatic rings. The molecule has 0 saturated carbocycles. The van der Waals surface area contributed by atoms with Crippen LogP contribution in [0.2, 0.25) is 0 Å². The molecule has 2 aliphatic heterocycles. The van der Waals surface area contributed by atoms with E-state index < -0.39 is 11.0 Å². The number of hydrogen-bond acceptors (Lipinski definition) is 5. The Morgan fingerprint density at radius 3 is 1.79 bits per heavy atom. The van der Waals surface area contributed by atoms with E-state index in [2.05, 4.69) is 0 Å². The molecule has 166 valence electrons. The highest BCUT2D eigenvalue weighted by Gasteiger charge is 2.41. The third-order valence-electron chi connectivity index (χ3n) is 5.79. The monoisotopic (exact) mass is 411 g/mol. The summed E-state index contributed by atoms with van der Waals surface area (Å²) in [6.45, 7) is 14.8. The summed E-state index contributed by atoms with van der Waals surface area (Å²) < 4.78 is 10.6. The van der Waals surface area contributed by atoms with Crippen LogP contribution in [-0.2, 0) is 14.3 Å². The van der Waals surface area contributed by atoms with Crippen LogP contribution in [-0.4, -0.2) is 84.3 Å². The summed E-state index contributed by atoms with van der Waals surface area (Å²) in [5.41, 5.74) is -1.06. The number of rotatable bonds is 3. The van der Waals surface area contributed by atoms with Gasteiger partial charge >= 0.3 is 18.1 Å². The SMILES string of the molecule is CCOC(=O)C(C)(C)C1CCN(C(=O)N2CCN(C(=O)OC(C)(C)C)CC2)CC1. The van der Waals surface area contributed by atoms with Crippen LogP contribution in [0, 0.1) is 11.3 Å². The van der Waals surface area contributed by atoms with Crippen molar-refractivity contribution < 1.29 is 23.9 Å². The molecule has 0 aromatic heterocycles. The smallest absolute Gasteiger partial charge is 0.410 e. The first kappa shape index (κ1) is 23.3. The lowest BCUT2D eigenvalue weighted by molar-refractivity contribution is -0.157. The Morgan fingerprint density at radius 1 is 0.828 bits per heavy atom. The van der Waals surface area contributed by atoms with Crippen LogP contribution in [0.25, 0.3) is 0 Å². The summed E-state index contributed by atoms with van der Waals surface area (Å²) in [6.07, 6.45) is 1.25. The zero-order valence-corrected chi connectivity index (χ0v) is 18.8. The van der Waals surface area contributed by atoms with Crippen molar-refractivity contribution in [2.24, 2.45) is 11.3 Å². The van der Waals surface area contributed by atoms with Gasteiger partial charge in [-0.15, -0.1) is 0 Å². The third-order valence-corrected chi connectivity index (χ3v) is 5.79. The van der Waals surface area contributed by atoms with E-state index in [1.165, 1.54) is 0 Å². The lowest BCUT2D eigenvalue weighted by Gasteiger charge is -2.42. The van der Waals surface area contributed by atoms with E-state index in [1.807, 2.05) is 46.4 Å². The fourth-order valence-corrected chi connectivity index (χ4v) is 3.88. The fraction of sp³-hybridized carbons (Fsp3) is 0.857. The standard InChI is InChI=1S/C21H37N3O5/c1-7-28-17(25)21(5,6)16-8-10-22(11-9-16)18(26)23-12-14-24(15-13-23)19(27)29-20(2,3)4/h16H,7-15H2,1-6H3. The largest absolute Gasteiger partial charge is 0.466 e. The number of piperidine rings is 1. The minimum atomic E-state index is -0.538. The zero-order valence-electron chi connectivity index (χ0n) is 18.8. The maximum Gasteiger partial charge on any atom is 0.410 e. The Morgan fingerprint density at radius 2 is 1.31 bits per heavy atom. The van der Waals surface area contributed by atoms with Crippen LogP contribution in [0.3, 0.4) is 0 Å². The second-order valence-corrected chi connectivity index (χ2v) is 9.44. The van der Waals surface area contributed by atoms with Crippen LogP contribution in [0.4, 0.5) is 9.59 Å². The summed E-state index contributed by atoms with van der Waals surface area (Å²) in [6, 6.07) is 0.0150. The van der Waals surface area contributed by atoms with Crippen molar-refractivity contribution in [2.75, 3.05) is 45.9 Å². The van der Waals surface area contributed by atoms with E-state index in [0.717, 1.165) is 12.8 Å². The van der Waals surface area contributed by atoms with Crippen molar-refractivity contribution in [1.29, 1.82) is 0 Å². The lowest BCUT2D eigenvalue weighted by atomic mass is 9.73. The number of likely N-dealkylation sites (tertiary alicyclic amines) is 1. The molecular formula is C21H37N3O5. The number of amides is 3. The van der Waals surface area contributed by atoms with Crippen molar-refractivity contribution in [1.82, 2.24) is 14.7 Å². The highest BCUT2D eigenvalue weighted by atomic mass is 16.6. The number of urea groups is 1. The Bertz CT molecular complexity index is 598. The van der Waals surface area contributed by atoms with Crippen LogP contribution in [0.15, 0.2) is 0 Å². The first-order valence-corrected chi connectivity index (χ1v) is 10.6. The average Bonchev–Trinajstić information content (AvgIpc) is 2.66. The highest BCUT2D eigenvalue weighted by molar-refractivity contribution is 5.77. The lowest BCUT2D eigenvalue weighted by Crippen LogP contribution is -2.56. The maximum atomic E-state index is 12.9. The van der Waals surface area contributed by atoms with Crippen molar-refractivity contribution >= 4 is 18.1 Å². The van der Waals surface area contributed by atoms with Gasteiger partial charge in [0, 0.05) is 39.3 Å². The predicted molar refractivity (Wildman–Crippen MR) is 109 cm³/mol. The molecule has 2 fully saturated rings. The van der Waals surface area contributed by atoms with E-state index in [4.69, 9.17) is 9.47 Å². The van der Waals surface area contributed by atoms with Crippen LogP contribution in [0.1, 0.15) is 54.4 Å². The van der Waals surface area contributed by atoms with Crippen molar-refractivity contribution in [3.8, 4) is 0 Å². The number of carbonyl (C=O) groups is 3. The molecule has 0 spiro atoms. The second kappa shape index (κ2) is 9.22. The molecule has 29 heavy (non-hydrogen) atoms. The fourth-order valence-electron chi connectivity index (χ4n) is 3.88. The van der Waals surface area contributed by atoms with Crippen molar-refractivity contribution in [3.05, 3.63) is 0 Å². The Kier molecular flexibility index (Phi) is 7.40. The summed E-state index contributed by atoms with van der Waals surface area (Å²) in [7, 11) is 0.